The molecule has 0 saturated carbocycles. The Morgan fingerprint density at radius 3 is 0.582 bits per heavy atom. The van der Waals surface area contributed by atoms with Gasteiger partial charge in [0.05, 0.1) is 0 Å². The van der Waals surface area contributed by atoms with Crippen LogP contribution in [0.5, 0.6) is 0 Å². The third-order valence-corrected chi connectivity index (χ3v) is 10.5. The van der Waals surface area contributed by atoms with E-state index < -0.39 is 17.9 Å². The van der Waals surface area contributed by atoms with Gasteiger partial charge in [-0.05, 0) is 32.1 Å². The maximum absolute atomic E-state index is 10.3. The van der Waals surface area contributed by atoms with E-state index in [2.05, 4.69) is 20.8 Å². The summed E-state index contributed by atoms with van der Waals surface area (Å²) in [5, 5.41) is 28.9. The minimum Gasteiger partial charge on any atom is -0.550 e. The fourth-order valence-corrected chi connectivity index (χ4v) is 6.87. The van der Waals surface area contributed by atoms with Gasteiger partial charge in [-0.25, -0.2) is 0 Å². The molecule has 0 bridgehead atoms. The zero-order valence-electron chi connectivity index (χ0n) is 37.4. The molecule has 7 heteroatoms. The van der Waals surface area contributed by atoms with E-state index in [9.17, 15) is 24.6 Å². The van der Waals surface area contributed by atoms with Crippen molar-refractivity contribution >= 4 is 55.6 Å². The van der Waals surface area contributed by atoms with Crippen molar-refractivity contribution in [3.05, 3.63) is 0 Å². The molecule has 0 aromatic rings. The Bertz CT molecular complexity index is 636. The van der Waals surface area contributed by atoms with E-state index >= 15 is 0 Å². The molecule has 0 radical (unpaired) electrons. The first kappa shape index (κ1) is 61.3. The SMILES string of the molecule is CCCCCCCCCCCCCCCC(=O)O.CCCCCCCCCCCCCCCC(=O)[O-].CCCCCCCCCCCCCCCC(=O)[O-].[Ca+2]. The second-order valence-electron chi connectivity index (χ2n) is 16.1. The Hall–Kier alpha value is -0.330. The van der Waals surface area contributed by atoms with E-state index in [1.54, 1.807) is 0 Å². The van der Waals surface area contributed by atoms with E-state index in [1.165, 1.54) is 212 Å². The van der Waals surface area contributed by atoms with E-state index in [0.29, 0.717) is 6.42 Å². The van der Waals surface area contributed by atoms with Gasteiger partial charge in [-0.2, -0.15) is 0 Å². The molecular formula is C48H94CaO6. The maximum Gasteiger partial charge on any atom is 2.00 e. The molecule has 0 aromatic heterocycles. The molecule has 0 aromatic carbocycles. The fourth-order valence-electron chi connectivity index (χ4n) is 6.87. The van der Waals surface area contributed by atoms with Crippen LogP contribution in [0.15, 0.2) is 0 Å². The second-order valence-corrected chi connectivity index (χ2v) is 16.1. The van der Waals surface area contributed by atoms with Gasteiger partial charge in [0.2, 0.25) is 0 Å². The van der Waals surface area contributed by atoms with Crippen LogP contribution in [0.25, 0.3) is 0 Å². The average molecular weight is 807 g/mol. The molecule has 0 fully saturated rings. The van der Waals surface area contributed by atoms with Crippen LogP contribution in [0.3, 0.4) is 0 Å². The van der Waals surface area contributed by atoms with Crippen LogP contribution in [-0.4, -0.2) is 60.8 Å². The molecule has 0 amide bonds. The van der Waals surface area contributed by atoms with Crippen LogP contribution in [0.2, 0.25) is 0 Å². The number of carboxylic acid groups (broad SMARTS) is 3. The molecular weight excluding hydrogens is 713 g/mol. The third kappa shape index (κ3) is 71.8. The molecule has 0 rings (SSSR count). The molecule has 0 aliphatic carbocycles. The average Bonchev–Trinajstić information content (AvgIpc) is 3.14. The van der Waals surface area contributed by atoms with Gasteiger partial charge in [0.25, 0.3) is 0 Å². The Labute approximate surface area is 373 Å². The van der Waals surface area contributed by atoms with Gasteiger partial charge >= 0.3 is 43.7 Å². The third-order valence-electron chi connectivity index (χ3n) is 10.5. The van der Waals surface area contributed by atoms with Gasteiger partial charge in [0, 0.05) is 18.4 Å². The number of unbranched alkanes of at least 4 members (excludes halogenated alkanes) is 36. The van der Waals surface area contributed by atoms with Crippen molar-refractivity contribution in [1.29, 1.82) is 0 Å². The van der Waals surface area contributed by atoms with Crippen molar-refractivity contribution in [2.24, 2.45) is 0 Å². The summed E-state index contributed by atoms with van der Waals surface area (Å²) in [5.41, 5.74) is 0. The minimum atomic E-state index is -0.905. The van der Waals surface area contributed by atoms with Gasteiger partial charge in [0.15, 0.2) is 0 Å². The zero-order valence-corrected chi connectivity index (χ0v) is 39.6. The summed E-state index contributed by atoms with van der Waals surface area (Å²) in [6, 6.07) is 0. The minimum absolute atomic E-state index is 0. The molecule has 0 heterocycles. The summed E-state index contributed by atoms with van der Waals surface area (Å²) in [6.07, 6.45) is 51.1. The monoisotopic (exact) mass is 807 g/mol. The molecule has 0 atom stereocenters. The Balaban J connectivity index is -0.000000351. The molecule has 0 spiro atoms. The predicted octanol–water partition coefficient (Wildman–Crippen LogP) is 13.6. The molecule has 0 aliphatic rings. The van der Waals surface area contributed by atoms with Crippen molar-refractivity contribution in [2.45, 2.75) is 290 Å². The fraction of sp³-hybridized carbons (Fsp3) is 0.938. The second kappa shape index (κ2) is 58.0. The summed E-state index contributed by atoms with van der Waals surface area (Å²) in [5.74, 6) is -2.46. The molecule has 0 saturated heterocycles. The first-order valence-corrected chi connectivity index (χ1v) is 23.9. The van der Waals surface area contributed by atoms with Crippen LogP contribution in [0, 0.1) is 0 Å². The first-order valence-electron chi connectivity index (χ1n) is 23.9. The number of hydrogen-bond acceptors (Lipinski definition) is 5. The van der Waals surface area contributed by atoms with Crippen LogP contribution >= 0.6 is 0 Å². The molecule has 1 N–H and O–H groups in total. The molecule has 6 nitrogen and oxygen atoms in total. The molecule has 0 aliphatic heterocycles. The van der Waals surface area contributed by atoms with Crippen molar-refractivity contribution in [2.75, 3.05) is 0 Å². The summed E-state index contributed by atoms with van der Waals surface area (Å²) in [7, 11) is 0. The number of carbonyl (C=O) groups excluding carboxylic acids is 2. The van der Waals surface area contributed by atoms with Crippen molar-refractivity contribution in [3.63, 3.8) is 0 Å². The number of carboxylic acids is 3. The van der Waals surface area contributed by atoms with E-state index in [4.69, 9.17) is 5.11 Å². The Morgan fingerprint density at radius 1 is 0.291 bits per heavy atom. The van der Waals surface area contributed by atoms with Crippen LogP contribution < -0.4 is 10.2 Å². The largest absolute Gasteiger partial charge is 2.00 e. The van der Waals surface area contributed by atoms with Gasteiger partial charge in [-0.1, -0.05) is 252 Å². The number of carbonyl (C=O) groups is 3. The normalized spacial score (nSPS) is 10.5. The zero-order chi connectivity index (χ0) is 40.4. The Morgan fingerprint density at radius 2 is 0.436 bits per heavy atom. The molecule has 55 heavy (non-hydrogen) atoms. The van der Waals surface area contributed by atoms with Crippen molar-refractivity contribution < 1.29 is 29.7 Å². The molecule has 324 valence electrons. The van der Waals surface area contributed by atoms with E-state index in [0.717, 1.165) is 38.5 Å². The summed E-state index contributed by atoms with van der Waals surface area (Å²) in [6.45, 7) is 6.77. The smallest absolute Gasteiger partial charge is 0.550 e. The topological polar surface area (TPSA) is 118 Å². The summed E-state index contributed by atoms with van der Waals surface area (Å²) in [4.78, 5) is 30.7. The van der Waals surface area contributed by atoms with E-state index in [-0.39, 0.29) is 50.6 Å². The predicted molar refractivity (Wildman–Crippen MR) is 234 cm³/mol. The van der Waals surface area contributed by atoms with Gasteiger partial charge in [-0.3, -0.25) is 4.79 Å². The Kier molecular flexibility index (Phi) is 64.7. The van der Waals surface area contributed by atoms with Crippen molar-refractivity contribution in [3.8, 4) is 0 Å². The van der Waals surface area contributed by atoms with Gasteiger partial charge < -0.3 is 24.9 Å². The standard InChI is InChI=1S/3C16H32O2.Ca/c3*1-2-3-4-5-6-7-8-9-10-11-12-13-14-15-16(17)18;/h3*2-15H2,1H3,(H,17,18);/q;;;+2/p-2. The number of rotatable bonds is 42. The number of hydrogen-bond donors (Lipinski definition) is 1. The van der Waals surface area contributed by atoms with E-state index in [1.807, 2.05) is 0 Å². The quantitative estimate of drug-likeness (QED) is 0.0485. The van der Waals surface area contributed by atoms with Gasteiger partial charge in [0.1, 0.15) is 0 Å². The van der Waals surface area contributed by atoms with Crippen LogP contribution in [0.4, 0.5) is 0 Å². The maximum atomic E-state index is 10.3. The van der Waals surface area contributed by atoms with Gasteiger partial charge in [-0.15, -0.1) is 0 Å². The molecule has 0 unspecified atom stereocenters. The van der Waals surface area contributed by atoms with Crippen LogP contribution in [0.1, 0.15) is 290 Å². The summed E-state index contributed by atoms with van der Waals surface area (Å²) < 4.78 is 0. The number of aliphatic carboxylic acids is 3. The first-order chi connectivity index (χ1) is 26.3. The van der Waals surface area contributed by atoms with Crippen molar-refractivity contribution in [1.82, 2.24) is 0 Å². The van der Waals surface area contributed by atoms with Crippen LogP contribution in [-0.2, 0) is 14.4 Å². The summed E-state index contributed by atoms with van der Waals surface area (Å²) >= 11 is 0.